The van der Waals surface area contributed by atoms with Crippen LogP contribution in [0.3, 0.4) is 0 Å². The van der Waals surface area contributed by atoms with Gasteiger partial charge in [0.05, 0.1) is 24.8 Å². The van der Waals surface area contributed by atoms with Crippen molar-refractivity contribution in [3.05, 3.63) is 17.7 Å². The summed E-state index contributed by atoms with van der Waals surface area (Å²) >= 11 is 0. The molecule has 23 heavy (non-hydrogen) atoms. The Morgan fingerprint density at radius 1 is 1.30 bits per heavy atom. The van der Waals surface area contributed by atoms with Crippen molar-refractivity contribution < 1.29 is 33.7 Å². The normalized spacial score (nSPS) is 11.7. The Morgan fingerprint density at radius 3 is 2.57 bits per heavy atom. The lowest BCUT2D eigenvalue weighted by Crippen LogP contribution is -2.33. The standard InChI is InChI=1S/C14H16N2O7/c1-16(4-3-12(17)18)14(20)15-9-6-11-10(22-7-23-11)5-8(9)13(19)21-2/h5-6H,3-4,7H2,1-2H3,(H,15,20)(H,17,18). The topological polar surface area (TPSA) is 114 Å². The maximum absolute atomic E-state index is 12.1. The molecule has 0 spiro atoms. The monoisotopic (exact) mass is 324 g/mol. The average molecular weight is 324 g/mol. The number of carboxylic acids is 1. The number of carbonyl (C=O) groups excluding carboxylic acids is 2. The average Bonchev–Trinajstić information content (AvgIpc) is 2.98. The van der Waals surface area contributed by atoms with Crippen LogP contribution >= 0.6 is 0 Å². The van der Waals surface area contributed by atoms with E-state index in [-0.39, 0.29) is 31.0 Å². The van der Waals surface area contributed by atoms with Crippen molar-refractivity contribution >= 4 is 23.7 Å². The molecule has 0 fully saturated rings. The minimum absolute atomic E-state index is 0.0197. The first-order chi connectivity index (χ1) is 10.9. The Labute approximate surface area is 131 Å². The third-order valence-corrected chi connectivity index (χ3v) is 3.17. The molecule has 0 radical (unpaired) electrons. The van der Waals surface area contributed by atoms with E-state index in [9.17, 15) is 14.4 Å². The molecule has 9 nitrogen and oxygen atoms in total. The van der Waals surface area contributed by atoms with Gasteiger partial charge in [0, 0.05) is 25.7 Å². The highest BCUT2D eigenvalue weighted by Crippen LogP contribution is 2.37. The molecule has 0 aliphatic carbocycles. The summed E-state index contributed by atoms with van der Waals surface area (Å²) in [4.78, 5) is 35.7. The van der Waals surface area contributed by atoms with Crippen molar-refractivity contribution in [2.75, 3.05) is 32.8 Å². The Balaban J connectivity index is 2.19. The summed E-state index contributed by atoms with van der Waals surface area (Å²) in [5, 5.41) is 11.2. The number of carbonyl (C=O) groups is 3. The van der Waals surface area contributed by atoms with Crippen LogP contribution in [-0.4, -0.2) is 55.5 Å². The van der Waals surface area contributed by atoms with E-state index in [1.807, 2.05) is 0 Å². The number of aliphatic carboxylic acids is 1. The number of hydrogen-bond donors (Lipinski definition) is 2. The van der Waals surface area contributed by atoms with Gasteiger partial charge in [-0.25, -0.2) is 9.59 Å². The van der Waals surface area contributed by atoms with Gasteiger partial charge in [0.2, 0.25) is 6.79 Å². The highest BCUT2D eigenvalue weighted by atomic mass is 16.7. The lowest BCUT2D eigenvalue weighted by Gasteiger charge is -2.18. The van der Waals surface area contributed by atoms with Crippen LogP contribution < -0.4 is 14.8 Å². The van der Waals surface area contributed by atoms with Gasteiger partial charge < -0.3 is 29.5 Å². The largest absolute Gasteiger partial charge is 0.481 e. The summed E-state index contributed by atoms with van der Waals surface area (Å²) in [7, 11) is 2.67. The van der Waals surface area contributed by atoms with E-state index < -0.39 is 18.0 Å². The van der Waals surface area contributed by atoms with Gasteiger partial charge in [-0.15, -0.1) is 0 Å². The summed E-state index contributed by atoms with van der Waals surface area (Å²) in [5.74, 6) is -0.890. The summed E-state index contributed by atoms with van der Waals surface area (Å²) < 4.78 is 15.1. The second-order valence-corrected chi connectivity index (χ2v) is 4.74. The van der Waals surface area contributed by atoms with Crippen LogP contribution in [0.1, 0.15) is 16.8 Å². The van der Waals surface area contributed by atoms with Crippen molar-refractivity contribution in [3.63, 3.8) is 0 Å². The zero-order chi connectivity index (χ0) is 17.0. The van der Waals surface area contributed by atoms with Gasteiger partial charge in [0.25, 0.3) is 0 Å². The number of ether oxygens (including phenoxy) is 3. The smallest absolute Gasteiger partial charge is 0.340 e. The third kappa shape index (κ3) is 3.82. The van der Waals surface area contributed by atoms with Crippen LogP contribution in [0.4, 0.5) is 10.5 Å². The van der Waals surface area contributed by atoms with E-state index in [1.165, 1.54) is 31.2 Å². The Bertz CT molecular complexity index is 644. The molecule has 0 aromatic heterocycles. The second kappa shape index (κ2) is 6.86. The summed E-state index contributed by atoms with van der Waals surface area (Å²) in [5.41, 5.74) is 0.296. The van der Waals surface area contributed by atoms with Crippen molar-refractivity contribution in [2.24, 2.45) is 0 Å². The van der Waals surface area contributed by atoms with Gasteiger partial charge in [-0.1, -0.05) is 0 Å². The minimum atomic E-state index is -1.01. The van der Waals surface area contributed by atoms with E-state index in [0.717, 1.165) is 0 Å². The van der Waals surface area contributed by atoms with Gasteiger partial charge in [0.1, 0.15) is 0 Å². The molecule has 0 unspecified atom stereocenters. The molecule has 0 bridgehead atoms. The molecule has 1 aromatic rings. The number of urea groups is 1. The quantitative estimate of drug-likeness (QED) is 0.780. The van der Waals surface area contributed by atoms with Crippen molar-refractivity contribution in [1.29, 1.82) is 0 Å². The Hall–Kier alpha value is -2.97. The number of carboxylic acid groups (broad SMARTS) is 1. The van der Waals surface area contributed by atoms with E-state index in [1.54, 1.807) is 0 Å². The molecular weight excluding hydrogens is 308 g/mol. The van der Waals surface area contributed by atoms with E-state index >= 15 is 0 Å². The van der Waals surface area contributed by atoms with Gasteiger partial charge in [-0.2, -0.15) is 0 Å². The Morgan fingerprint density at radius 2 is 1.96 bits per heavy atom. The summed E-state index contributed by atoms with van der Waals surface area (Å²) in [6, 6.07) is 2.31. The van der Waals surface area contributed by atoms with Gasteiger partial charge >= 0.3 is 18.0 Å². The first-order valence-corrected chi connectivity index (χ1v) is 6.68. The fourth-order valence-corrected chi connectivity index (χ4v) is 1.90. The van der Waals surface area contributed by atoms with E-state index in [4.69, 9.17) is 14.6 Å². The molecule has 0 atom stereocenters. The van der Waals surface area contributed by atoms with Crippen LogP contribution in [0, 0.1) is 0 Å². The predicted octanol–water partition coefficient (Wildman–Crippen LogP) is 1.14. The maximum Gasteiger partial charge on any atom is 0.340 e. The SMILES string of the molecule is COC(=O)c1cc2c(cc1NC(=O)N(C)CCC(=O)O)OCO2. The molecule has 9 heteroatoms. The number of anilines is 1. The van der Waals surface area contributed by atoms with Crippen molar-refractivity contribution in [1.82, 2.24) is 4.90 Å². The lowest BCUT2D eigenvalue weighted by molar-refractivity contribution is -0.137. The molecule has 124 valence electrons. The third-order valence-electron chi connectivity index (χ3n) is 3.17. The molecule has 1 heterocycles. The summed E-state index contributed by atoms with van der Waals surface area (Å²) in [6.45, 7) is 0.0468. The van der Waals surface area contributed by atoms with E-state index in [2.05, 4.69) is 10.1 Å². The second-order valence-electron chi connectivity index (χ2n) is 4.74. The van der Waals surface area contributed by atoms with Crippen molar-refractivity contribution in [3.8, 4) is 11.5 Å². The minimum Gasteiger partial charge on any atom is -0.481 e. The number of nitrogens with zero attached hydrogens (tertiary/aromatic N) is 1. The Kier molecular flexibility index (Phi) is 4.89. The van der Waals surface area contributed by atoms with Gasteiger partial charge in [-0.05, 0) is 0 Å². The molecular formula is C14H16N2O7. The number of hydrogen-bond acceptors (Lipinski definition) is 6. The molecule has 2 amide bonds. The molecule has 1 aliphatic rings. The number of nitrogens with one attached hydrogen (secondary N) is 1. The molecule has 0 saturated heterocycles. The van der Waals surface area contributed by atoms with Crippen LogP contribution in [0.25, 0.3) is 0 Å². The molecule has 2 N–H and O–H groups in total. The highest BCUT2D eigenvalue weighted by Gasteiger charge is 2.23. The lowest BCUT2D eigenvalue weighted by atomic mass is 10.1. The zero-order valence-corrected chi connectivity index (χ0v) is 12.6. The van der Waals surface area contributed by atoms with E-state index in [0.29, 0.717) is 11.5 Å². The molecule has 1 aliphatic heterocycles. The van der Waals surface area contributed by atoms with Gasteiger partial charge in [-0.3, -0.25) is 4.79 Å². The fourth-order valence-electron chi connectivity index (χ4n) is 1.90. The van der Waals surface area contributed by atoms with Crippen molar-refractivity contribution in [2.45, 2.75) is 6.42 Å². The number of fused-ring (bicyclic) bond motifs is 1. The fraction of sp³-hybridized carbons (Fsp3) is 0.357. The number of amides is 2. The maximum atomic E-state index is 12.1. The number of benzene rings is 1. The van der Waals surface area contributed by atoms with Gasteiger partial charge in [0.15, 0.2) is 11.5 Å². The van der Waals surface area contributed by atoms with Crippen LogP contribution in [0.2, 0.25) is 0 Å². The van der Waals surface area contributed by atoms with Crippen LogP contribution in [-0.2, 0) is 9.53 Å². The highest BCUT2D eigenvalue weighted by molar-refractivity contribution is 6.01. The summed E-state index contributed by atoms with van der Waals surface area (Å²) in [6.07, 6.45) is -0.186. The molecule has 2 rings (SSSR count). The first kappa shape index (κ1) is 16.4. The predicted molar refractivity (Wildman–Crippen MR) is 77.8 cm³/mol. The van der Waals surface area contributed by atoms with Crippen LogP contribution in [0.5, 0.6) is 11.5 Å². The number of methoxy groups -OCH3 is 1. The molecule has 1 aromatic carbocycles. The van der Waals surface area contributed by atoms with Crippen LogP contribution in [0.15, 0.2) is 12.1 Å². The first-order valence-electron chi connectivity index (χ1n) is 6.68. The number of rotatable bonds is 5. The number of esters is 1. The zero-order valence-electron chi connectivity index (χ0n) is 12.6. The molecule has 0 saturated carbocycles.